The summed E-state index contributed by atoms with van der Waals surface area (Å²) in [6, 6.07) is 13.8. The molecule has 7 nitrogen and oxygen atoms in total. The van der Waals surface area contributed by atoms with Gasteiger partial charge < -0.3 is 10.2 Å². The molecule has 0 radical (unpaired) electrons. The lowest BCUT2D eigenvalue weighted by atomic mass is 10.0. The van der Waals surface area contributed by atoms with Gasteiger partial charge in [-0.2, -0.15) is 5.10 Å². The molecule has 1 saturated heterocycles. The Morgan fingerprint density at radius 3 is 2.55 bits per heavy atom. The van der Waals surface area contributed by atoms with E-state index in [1.54, 1.807) is 10.9 Å². The molecular formula is C24H22ClFN6O. The van der Waals surface area contributed by atoms with Crippen LogP contribution in [0.25, 0.3) is 22.2 Å². The first-order chi connectivity index (χ1) is 16.0. The number of piperidine rings is 1. The Kier molecular flexibility index (Phi) is 5.68. The molecule has 3 heterocycles. The van der Waals surface area contributed by atoms with Crippen molar-refractivity contribution < 1.29 is 9.18 Å². The molecule has 0 spiro atoms. The molecule has 1 fully saturated rings. The number of halogens is 2. The van der Waals surface area contributed by atoms with Gasteiger partial charge in [0.25, 0.3) is 5.91 Å². The normalized spacial score (nSPS) is 14.6. The third-order valence-electron chi connectivity index (χ3n) is 6.04. The van der Waals surface area contributed by atoms with Gasteiger partial charge in [-0.1, -0.05) is 35.9 Å². The van der Waals surface area contributed by atoms with Crippen LogP contribution in [0.2, 0.25) is 5.02 Å². The van der Waals surface area contributed by atoms with E-state index in [0.29, 0.717) is 0 Å². The number of fused-ring (bicyclic) bond motifs is 1. The number of aromatic nitrogens is 4. The Balaban J connectivity index is 1.33. The summed E-state index contributed by atoms with van der Waals surface area (Å²) in [7, 11) is 1.89. The van der Waals surface area contributed by atoms with Gasteiger partial charge in [0.15, 0.2) is 5.82 Å². The molecule has 0 saturated carbocycles. The number of carbonyl (C=O) groups excluding carboxylic acids is 1. The average molecular weight is 465 g/mol. The number of hydrogen-bond acceptors (Lipinski definition) is 5. The molecule has 168 valence electrons. The van der Waals surface area contributed by atoms with Crippen molar-refractivity contribution >= 4 is 34.1 Å². The lowest BCUT2D eigenvalue weighted by Crippen LogP contribution is -2.45. The fourth-order valence-electron chi connectivity index (χ4n) is 4.29. The Labute approximate surface area is 195 Å². The molecule has 2 aromatic carbocycles. The number of hydrogen-bond donors (Lipinski definition) is 1. The first kappa shape index (κ1) is 21.3. The van der Waals surface area contributed by atoms with Crippen molar-refractivity contribution in [3.8, 4) is 11.4 Å². The number of nitrogens with one attached hydrogen (secondary N) is 1. The van der Waals surface area contributed by atoms with Gasteiger partial charge in [0.1, 0.15) is 11.5 Å². The van der Waals surface area contributed by atoms with Crippen LogP contribution in [0.1, 0.15) is 23.2 Å². The minimum atomic E-state index is -0.465. The third-order valence-corrected chi connectivity index (χ3v) is 6.35. The Bertz CT molecular complexity index is 1330. The zero-order chi connectivity index (χ0) is 22.9. The lowest BCUT2D eigenvalue weighted by Gasteiger charge is -2.33. The minimum Gasteiger partial charge on any atom is -0.354 e. The highest BCUT2D eigenvalue weighted by Gasteiger charge is 2.25. The zero-order valence-electron chi connectivity index (χ0n) is 18.0. The summed E-state index contributed by atoms with van der Waals surface area (Å²) in [6.07, 6.45) is 3.26. The molecule has 0 aliphatic carbocycles. The molecule has 5 rings (SSSR count). The molecule has 9 heteroatoms. The summed E-state index contributed by atoms with van der Waals surface area (Å²) in [5, 5.41) is 18.6. The molecule has 1 aliphatic heterocycles. The van der Waals surface area contributed by atoms with E-state index in [1.807, 2.05) is 25.2 Å². The number of aryl methyl sites for hydroxylation is 1. The highest BCUT2D eigenvalue weighted by Crippen LogP contribution is 2.32. The van der Waals surface area contributed by atoms with Crippen LogP contribution in [-0.2, 0) is 7.05 Å². The quantitative estimate of drug-likeness (QED) is 0.489. The number of benzene rings is 2. The maximum atomic E-state index is 13.3. The zero-order valence-corrected chi connectivity index (χ0v) is 18.8. The van der Waals surface area contributed by atoms with Crippen LogP contribution in [0.15, 0.2) is 54.7 Å². The molecule has 0 unspecified atom stereocenters. The Hall–Kier alpha value is -3.52. The second-order valence-corrected chi connectivity index (χ2v) is 8.52. The molecule has 1 amide bonds. The van der Waals surface area contributed by atoms with E-state index in [0.717, 1.165) is 60.0 Å². The van der Waals surface area contributed by atoms with Crippen LogP contribution in [0.4, 0.5) is 10.2 Å². The minimum absolute atomic E-state index is 0.00260. The highest BCUT2D eigenvalue weighted by atomic mass is 35.5. The van der Waals surface area contributed by atoms with E-state index in [1.165, 1.54) is 12.1 Å². The lowest BCUT2D eigenvalue weighted by molar-refractivity contribution is 0.0931. The molecule has 0 bridgehead atoms. The van der Waals surface area contributed by atoms with Gasteiger partial charge in [0.05, 0.1) is 16.3 Å². The van der Waals surface area contributed by atoms with Crippen molar-refractivity contribution in [2.45, 2.75) is 18.9 Å². The van der Waals surface area contributed by atoms with Gasteiger partial charge >= 0.3 is 0 Å². The summed E-state index contributed by atoms with van der Waals surface area (Å²) < 4.78 is 15.1. The van der Waals surface area contributed by atoms with E-state index in [-0.39, 0.29) is 22.5 Å². The van der Waals surface area contributed by atoms with Crippen LogP contribution < -0.4 is 10.2 Å². The van der Waals surface area contributed by atoms with Gasteiger partial charge in [0.2, 0.25) is 0 Å². The van der Waals surface area contributed by atoms with E-state index in [2.05, 4.69) is 37.6 Å². The summed E-state index contributed by atoms with van der Waals surface area (Å²) >= 11 is 6.03. The number of nitrogens with zero attached hydrogens (tertiary/aromatic N) is 5. The first-order valence-electron chi connectivity index (χ1n) is 10.8. The maximum absolute atomic E-state index is 13.3. The Morgan fingerprint density at radius 2 is 1.85 bits per heavy atom. The first-order valence-corrected chi connectivity index (χ1v) is 11.1. The summed E-state index contributed by atoms with van der Waals surface area (Å²) in [5.74, 6) is 0.0831. The van der Waals surface area contributed by atoms with E-state index in [9.17, 15) is 9.18 Å². The van der Waals surface area contributed by atoms with Gasteiger partial charge in [-0.3, -0.25) is 9.48 Å². The van der Waals surface area contributed by atoms with Crippen molar-refractivity contribution in [1.29, 1.82) is 0 Å². The van der Waals surface area contributed by atoms with Crippen molar-refractivity contribution in [1.82, 2.24) is 25.3 Å². The summed E-state index contributed by atoms with van der Waals surface area (Å²) in [6.45, 7) is 1.46. The van der Waals surface area contributed by atoms with Crippen molar-refractivity contribution in [3.63, 3.8) is 0 Å². The predicted octanol–water partition coefficient (Wildman–Crippen LogP) is 4.22. The standard InChI is InChI=1S/C24H22ClFN6O/c1-31-21(8-11-27-31)22-17-4-2-3-5-18(17)23(30-29-22)32-12-9-16(10-13-32)28-24(33)19-7-6-15(26)14-20(19)25/h2-8,11,14,16H,9-10,12-13H2,1H3,(H,28,33). The molecule has 1 aliphatic rings. The number of rotatable bonds is 4. The van der Waals surface area contributed by atoms with Crippen LogP contribution >= 0.6 is 11.6 Å². The van der Waals surface area contributed by atoms with Gasteiger partial charge in [-0.05, 0) is 37.1 Å². The average Bonchev–Trinajstić information content (AvgIpc) is 3.24. The monoisotopic (exact) mass is 464 g/mol. The highest BCUT2D eigenvalue weighted by molar-refractivity contribution is 6.33. The second-order valence-electron chi connectivity index (χ2n) is 8.12. The van der Waals surface area contributed by atoms with Crippen LogP contribution in [0, 0.1) is 5.82 Å². The molecule has 33 heavy (non-hydrogen) atoms. The van der Waals surface area contributed by atoms with Crippen molar-refractivity contribution in [3.05, 3.63) is 71.1 Å². The number of carbonyl (C=O) groups is 1. The molecule has 1 N–H and O–H groups in total. The largest absolute Gasteiger partial charge is 0.354 e. The molecule has 0 atom stereocenters. The van der Waals surface area contributed by atoms with Crippen LogP contribution in [-0.4, -0.2) is 45.0 Å². The Morgan fingerprint density at radius 1 is 1.09 bits per heavy atom. The maximum Gasteiger partial charge on any atom is 0.253 e. The summed E-state index contributed by atoms with van der Waals surface area (Å²) in [4.78, 5) is 14.8. The molecule has 2 aromatic heterocycles. The molecular weight excluding hydrogens is 443 g/mol. The van der Waals surface area contributed by atoms with Crippen LogP contribution in [0.5, 0.6) is 0 Å². The fraction of sp³-hybridized carbons (Fsp3) is 0.250. The van der Waals surface area contributed by atoms with E-state index in [4.69, 9.17) is 11.6 Å². The number of amides is 1. The van der Waals surface area contributed by atoms with Crippen molar-refractivity contribution in [2.24, 2.45) is 7.05 Å². The van der Waals surface area contributed by atoms with Gasteiger partial charge in [-0.15, -0.1) is 10.2 Å². The molecule has 4 aromatic rings. The number of anilines is 1. The van der Waals surface area contributed by atoms with Crippen molar-refractivity contribution in [2.75, 3.05) is 18.0 Å². The second kappa shape index (κ2) is 8.78. The fourth-order valence-corrected chi connectivity index (χ4v) is 4.54. The SMILES string of the molecule is Cn1nccc1-c1nnc(N2CCC(NC(=O)c3ccc(F)cc3Cl)CC2)c2ccccc12. The topological polar surface area (TPSA) is 75.9 Å². The van der Waals surface area contributed by atoms with E-state index < -0.39 is 5.82 Å². The summed E-state index contributed by atoms with van der Waals surface area (Å²) in [5.41, 5.74) is 1.99. The predicted molar refractivity (Wildman–Crippen MR) is 126 cm³/mol. The third kappa shape index (κ3) is 4.14. The smallest absolute Gasteiger partial charge is 0.253 e. The van der Waals surface area contributed by atoms with E-state index >= 15 is 0 Å². The van der Waals surface area contributed by atoms with Crippen LogP contribution in [0.3, 0.4) is 0 Å². The van der Waals surface area contributed by atoms with Gasteiger partial charge in [-0.25, -0.2) is 4.39 Å². The van der Waals surface area contributed by atoms with Gasteiger partial charge in [0, 0.05) is 43.1 Å².